The van der Waals surface area contributed by atoms with Crippen molar-refractivity contribution >= 4 is 5.97 Å². The number of hydrogen-bond acceptors (Lipinski definition) is 3. The van der Waals surface area contributed by atoms with Crippen LogP contribution in [-0.4, -0.2) is 19.0 Å². The molecular weight excluding hydrogens is 166 g/mol. The highest BCUT2D eigenvalue weighted by Gasteiger charge is 2.13. The highest BCUT2D eigenvalue weighted by molar-refractivity contribution is 5.75. The Labute approximate surface area is 81.7 Å². The molecular formula is C10H13NO2. The fourth-order valence-electron chi connectivity index (χ4n) is 1.03. The van der Waals surface area contributed by atoms with Crippen molar-refractivity contribution in [2.75, 3.05) is 7.04 Å². The van der Waals surface area contributed by atoms with Gasteiger partial charge in [-0.25, -0.2) is 0 Å². The Morgan fingerprint density at radius 3 is 2.92 bits per heavy atom. The summed E-state index contributed by atoms with van der Waals surface area (Å²) in [5, 5.41) is 0. The maximum absolute atomic E-state index is 11.3. The molecule has 70 valence electrons. The van der Waals surface area contributed by atoms with E-state index in [0.29, 0.717) is 0 Å². The normalized spacial score (nSPS) is 16.5. The Morgan fingerprint density at radius 1 is 1.62 bits per heavy atom. The SMILES string of the molecule is [2H]C([2H])([2H])OC(=O)[C@H](N)Cc1ccccc1. The summed E-state index contributed by atoms with van der Waals surface area (Å²) < 4.78 is 24.5. The highest BCUT2D eigenvalue weighted by Crippen LogP contribution is 2.02. The maximum Gasteiger partial charge on any atom is 0.322 e. The number of nitrogens with two attached hydrogens (primary N) is 1. The molecule has 1 aromatic carbocycles. The van der Waals surface area contributed by atoms with Crippen LogP contribution in [0.3, 0.4) is 0 Å². The number of methoxy groups -OCH3 is 1. The average Bonchev–Trinajstić information content (AvgIpc) is 2.16. The van der Waals surface area contributed by atoms with Crippen LogP contribution in [0.2, 0.25) is 0 Å². The second kappa shape index (κ2) is 4.62. The molecule has 0 saturated carbocycles. The third kappa shape index (κ3) is 2.87. The minimum Gasteiger partial charge on any atom is -0.468 e. The number of rotatable bonds is 3. The van der Waals surface area contributed by atoms with Crippen LogP contribution in [0.25, 0.3) is 0 Å². The maximum atomic E-state index is 11.3. The van der Waals surface area contributed by atoms with Gasteiger partial charge in [0, 0.05) is 0 Å². The summed E-state index contributed by atoms with van der Waals surface area (Å²) in [7, 11) is -2.73. The summed E-state index contributed by atoms with van der Waals surface area (Å²) in [6, 6.07) is 8.14. The highest BCUT2D eigenvalue weighted by atomic mass is 16.5. The summed E-state index contributed by atoms with van der Waals surface area (Å²) >= 11 is 0. The van der Waals surface area contributed by atoms with E-state index in [1.54, 1.807) is 0 Å². The molecule has 0 radical (unpaired) electrons. The summed E-state index contributed by atoms with van der Waals surface area (Å²) in [4.78, 5) is 11.3. The van der Waals surface area contributed by atoms with Crippen LogP contribution in [0.4, 0.5) is 0 Å². The second-order valence-corrected chi connectivity index (χ2v) is 2.72. The molecule has 1 rings (SSSR count). The second-order valence-electron chi connectivity index (χ2n) is 2.72. The van der Waals surface area contributed by atoms with Crippen LogP contribution in [-0.2, 0) is 16.0 Å². The summed E-state index contributed by atoms with van der Waals surface area (Å²) in [5.74, 6) is -0.913. The molecule has 1 atom stereocenters. The van der Waals surface area contributed by atoms with E-state index in [4.69, 9.17) is 9.85 Å². The molecule has 0 spiro atoms. The first kappa shape index (κ1) is 6.16. The van der Waals surface area contributed by atoms with Crippen LogP contribution in [0.1, 0.15) is 9.68 Å². The Morgan fingerprint density at radius 2 is 2.31 bits per heavy atom. The van der Waals surface area contributed by atoms with Gasteiger partial charge in [0.15, 0.2) is 0 Å². The van der Waals surface area contributed by atoms with Gasteiger partial charge in [-0.1, -0.05) is 30.3 Å². The lowest BCUT2D eigenvalue weighted by Crippen LogP contribution is -2.33. The first-order chi connectivity index (χ1) is 7.38. The molecule has 3 nitrogen and oxygen atoms in total. The fraction of sp³-hybridized carbons (Fsp3) is 0.300. The molecule has 1 aromatic rings. The molecule has 0 fully saturated rings. The summed E-state index contributed by atoms with van der Waals surface area (Å²) in [6.45, 7) is 0. The Bertz CT molecular complexity index is 351. The van der Waals surface area contributed by atoms with Crippen molar-refractivity contribution in [1.82, 2.24) is 0 Å². The van der Waals surface area contributed by atoms with E-state index in [9.17, 15) is 4.79 Å². The first-order valence-corrected chi connectivity index (χ1v) is 3.91. The number of carbonyl (C=O) groups excluding carboxylic acids is 1. The van der Waals surface area contributed by atoms with Crippen LogP contribution >= 0.6 is 0 Å². The number of esters is 1. The van der Waals surface area contributed by atoms with Gasteiger partial charge in [-0.2, -0.15) is 0 Å². The zero-order valence-electron chi connectivity index (χ0n) is 10.1. The van der Waals surface area contributed by atoms with E-state index in [1.807, 2.05) is 30.3 Å². The Hall–Kier alpha value is -1.35. The molecule has 0 unspecified atom stereocenters. The minimum absolute atomic E-state index is 0.260. The van der Waals surface area contributed by atoms with Gasteiger partial charge >= 0.3 is 5.97 Å². The Balaban J connectivity index is 2.53. The largest absolute Gasteiger partial charge is 0.468 e. The van der Waals surface area contributed by atoms with Gasteiger partial charge < -0.3 is 10.5 Å². The zero-order chi connectivity index (χ0) is 12.2. The van der Waals surface area contributed by atoms with Gasteiger partial charge in [-0.15, -0.1) is 0 Å². The molecule has 0 bridgehead atoms. The molecule has 0 aliphatic heterocycles. The standard InChI is InChI=1S/C10H13NO2/c1-13-10(12)9(11)7-8-5-3-2-4-6-8/h2-6,9H,7,11H2,1H3/t9-/m1/s1/i1D3. The van der Waals surface area contributed by atoms with E-state index in [0.717, 1.165) is 5.56 Å². The summed E-state index contributed by atoms with van der Waals surface area (Å²) in [5.41, 5.74) is 6.39. The van der Waals surface area contributed by atoms with Gasteiger partial charge in [0.25, 0.3) is 0 Å². The van der Waals surface area contributed by atoms with Gasteiger partial charge in [-0.3, -0.25) is 4.79 Å². The molecule has 13 heavy (non-hydrogen) atoms. The van der Waals surface area contributed by atoms with Gasteiger partial charge in [0.1, 0.15) is 6.04 Å². The lowest BCUT2D eigenvalue weighted by molar-refractivity contribution is -0.142. The number of ether oxygens (including phenoxy) is 1. The smallest absolute Gasteiger partial charge is 0.322 e. The monoisotopic (exact) mass is 182 g/mol. The van der Waals surface area contributed by atoms with Crippen molar-refractivity contribution in [3.05, 3.63) is 35.9 Å². The Kier molecular flexibility index (Phi) is 2.19. The topological polar surface area (TPSA) is 52.3 Å². The van der Waals surface area contributed by atoms with E-state index in [2.05, 4.69) is 4.74 Å². The van der Waals surface area contributed by atoms with Gasteiger partial charge in [-0.05, 0) is 12.0 Å². The van der Waals surface area contributed by atoms with E-state index in [-0.39, 0.29) is 6.42 Å². The molecule has 0 aliphatic carbocycles. The number of carbonyl (C=O) groups is 1. The van der Waals surface area contributed by atoms with Crippen molar-refractivity contribution in [2.45, 2.75) is 12.5 Å². The van der Waals surface area contributed by atoms with Crippen molar-refractivity contribution < 1.29 is 13.6 Å². The van der Waals surface area contributed by atoms with E-state index in [1.165, 1.54) is 0 Å². The van der Waals surface area contributed by atoms with Crippen molar-refractivity contribution in [3.63, 3.8) is 0 Å². The molecule has 3 heteroatoms. The molecule has 2 N–H and O–H groups in total. The molecule has 0 saturated heterocycles. The van der Waals surface area contributed by atoms with Crippen LogP contribution in [0.15, 0.2) is 30.3 Å². The predicted octanol–water partition coefficient (Wildman–Crippen LogP) is 0.729. The number of benzene rings is 1. The zero-order valence-corrected chi connectivity index (χ0v) is 7.07. The minimum atomic E-state index is -2.73. The van der Waals surface area contributed by atoms with Crippen molar-refractivity contribution in [1.29, 1.82) is 0 Å². The lowest BCUT2D eigenvalue weighted by atomic mass is 10.1. The average molecular weight is 182 g/mol. The fourth-order valence-corrected chi connectivity index (χ4v) is 1.03. The van der Waals surface area contributed by atoms with Crippen LogP contribution < -0.4 is 5.73 Å². The molecule has 0 aliphatic rings. The van der Waals surface area contributed by atoms with Gasteiger partial charge in [0.2, 0.25) is 0 Å². The van der Waals surface area contributed by atoms with E-state index < -0.39 is 19.0 Å². The quantitative estimate of drug-likeness (QED) is 0.701. The molecule has 0 amide bonds. The van der Waals surface area contributed by atoms with Gasteiger partial charge in [0.05, 0.1) is 11.2 Å². The van der Waals surface area contributed by atoms with Crippen molar-refractivity contribution in [2.24, 2.45) is 5.73 Å². The molecule has 0 aromatic heterocycles. The van der Waals surface area contributed by atoms with Crippen molar-refractivity contribution in [3.8, 4) is 0 Å². The van der Waals surface area contributed by atoms with E-state index >= 15 is 0 Å². The molecule has 0 heterocycles. The predicted molar refractivity (Wildman–Crippen MR) is 50.1 cm³/mol. The third-order valence-electron chi connectivity index (χ3n) is 1.70. The first-order valence-electron chi connectivity index (χ1n) is 5.41. The van der Waals surface area contributed by atoms with Crippen LogP contribution in [0, 0.1) is 0 Å². The lowest BCUT2D eigenvalue weighted by Gasteiger charge is -2.08. The van der Waals surface area contributed by atoms with Crippen LogP contribution in [0.5, 0.6) is 0 Å². The summed E-state index contributed by atoms with van der Waals surface area (Å²) in [6.07, 6.45) is 0.260. The third-order valence-corrected chi connectivity index (χ3v) is 1.70. The number of hydrogen-bond donors (Lipinski definition) is 1.